The molecule has 0 aliphatic carbocycles. The first-order chi connectivity index (χ1) is 13.8. The van der Waals surface area contributed by atoms with Crippen molar-refractivity contribution in [3.8, 4) is 5.75 Å². The van der Waals surface area contributed by atoms with E-state index >= 15 is 0 Å². The SMILES string of the molecule is O=C(Cc1csc(NC(=O)c2cccs2)n1)Nc1ccccc1OCC(F)(F)F. The van der Waals surface area contributed by atoms with E-state index in [1.54, 1.807) is 29.0 Å². The Hall–Kier alpha value is -2.92. The van der Waals surface area contributed by atoms with Crippen LogP contribution in [0.15, 0.2) is 47.2 Å². The molecular weight excluding hydrogens is 427 g/mol. The molecule has 2 amide bonds. The van der Waals surface area contributed by atoms with Crippen molar-refractivity contribution in [1.29, 1.82) is 0 Å². The second-order valence-corrected chi connectivity index (χ2v) is 7.51. The lowest BCUT2D eigenvalue weighted by Crippen LogP contribution is -2.20. The largest absolute Gasteiger partial charge is 0.482 e. The van der Waals surface area contributed by atoms with Crippen LogP contribution in [0.5, 0.6) is 5.75 Å². The first-order valence-electron chi connectivity index (χ1n) is 8.18. The van der Waals surface area contributed by atoms with Gasteiger partial charge in [-0.3, -0.25) is 14.9 Å². The lowest BCUT2D eigenvalue weighted by molar-refractivity contribution is -0.153. The Morgan fingerprint density at radius 1 is 1.07 bits per heavy atom. The fourth-order valence-electron chi connectivity index (χ4n) is 2.23. The summed E-state index contributed by atoms with van der Waals surface area (Å²) in [5, 5.41) is 8.91. The van der Waals surface area contributed by atoms with Crippen LogP contribution in [-0.2, 0) is 11.2 Å². The van der Waals surface area contributed by atoms with Gasteiger partial charge in [-0.15, -0.1) is 22.7 Å². The summed E-state index contributed by atoms with van der Waals surface area (Å²) >= 11 is 2.46. The van der Waals surface area contributed by atoms with E-state index in [2.05, 4.69) is 15.6 Å². The van der Waals surface area contributed by atoms with Crippen molar-refractivity contribution >= 4 is 45.3 Å². The fourth-order valence-corrected chi connectivity index (χ4v) is 3.55. The number of para-hydroxylation sites is 2. The van der Waals surface area contributed by atoms with E-state index in [4.69, 9.17) is 4.74 Å². The van der Waals surface area contributed by atoms with Gasteiger partial charge in [0.2, 0.25) is 5.91 Å². The number of aromatic nitrogens is 1. The van der Waals surface area contributed by atoms with Gasteiger partial charge in [-0.05, 0) is 23.6 Å². The van der Waals surface area contributed by atoms with Gasteiger partial charge in [0.1, 0.15) is 5.75 Å². The molecule has 29 heavy (non-hydrogen) atoms. The highest BCUT2D eigenvalue weighted by Crippen LogP contribution is 2.26. The minimum Gasteiger partial charge on any atom is -0.482 e. The van der Waals surface area contributed by atoms with Crippen molar-refractivity contribution < 1.29 is 27.5 Å². The van der Waals surface area contributed by atoms with Crippen LogP contribution in [0.3, 0.4) is 0 Å². The molecule has 0 fully saturated rings. The number of carbonyl (C=O) groups excluding carboxylic acids is 2. The second kappa shape index (κ2) is 9.05. The fraction of sp³-hybridized carbons (Fsp3) is 0.167. The average molecular weight is 441 g/mol. The summed E-state index contributed by atoms with van der Waals surface area (Å²) in [5.41, 5.74) is 0.547. The normalized spacial score (nSPS) is 11.1. The van der Waals surface area contributed by atoms with Gasteiger partial charge in [-0.2, -0.15) is 13.2 Å². The van der Waals surface area contributed by atoms with Gasteiger partial charge in [0.15, 0.2) is 11.7 Å². The molecule has 1 aromatic carbocycles. The Kier molecular flexibility index (Phi) is 6.49. The van der Waals surface area contributed by atoms with Gasteiger partial charge in [-0.1, -0.05) is 18.2 Å². The van der Waals surface area contributed by atoms with Gasteiger partial charge < -0.3 is 10.1 Å². The molecule has 0 atom stereocenters. The monoisotopic (exact) mass is 441 g/mol. The van der Waals surface area contributed by atoms with Crippen LogP contribution in [0, 0.1) is 0 Å². The third-order valence-corrected chi connectivity index (χ3v) is 5.09. The molecule has 2 heterocycles. The van der Waals surface area contributed by atoms with Crippen LogP contribution in [0.25, 0.3) is 0 Å². The van der Waals surface area contributed by atoms with Gasteiger partial charge in [-0.25, -0.2) is 4.98 Å². The first-order valence-corrected chi connectivity index (χ1v) is 9.94. The number of rotatable bonds is 7. The molecule has 2 N–H and O–H groups in total. The van der Waals surface area contributed by atoms with Gasteiger partial charge in [0.25, 0.3) is 5.91 Å². The van der Waals surface area contributed by atoms with E-state index in [0.29, 0.717) is 15.7 Å². The smallest absolute Gasteiger partial charge is 0.422 e. The molecule has 3 rings (SSSR count). The number of halogens is 3. The molecule has 11 heteroatoms. The average Bonchev–Trinajstić information content (AvgIpc) is 3.32. The number of benzene rings is 1. The number of hydrogen-bond acceptors (Lipinski definition) is 6. The Labute approximate surface area is 171 Å². The van der Waals surface area contributed by atoms with Crippen molar-refractivity contribution in [2.75, 3.05) is 17.2 Å². The quantitative estimate of drug-likeness (QED) is 0.563. The summed E-state index contributed by atoms with van der Waals surface area (Å²) in [4.78, 5) is 29.0. The Bertz CT molecular complexity index is 988. The van der Waals surface area contributed by atoms with Gasteiger partial charge in [0, 0.05) is 5.38 Å². The molecule has 6 nitrogen and oxygen atoms in total. The predicted octanol–water partition coefficient (Wildman–Crippen LogP) is 4.58. The van der Waals surface area contributed by atoms with E-state index in [-0.39, 0.29) is 23.8 Å². The number of ether oxygens (including phenoxy) is 1. The molecule has 0 unspecified atom stereocenters. The molecule has 0 bridgehead atoms. The standard InChI is InChI=1S/C18H14F3N3O3S2/c19-18(20,21)10-27-13-5-2-1-4-12(13)23-15(25)8-11-9-29-17(22-11)24-16(26)14-6-3-7-28-14/h1-7,9H,8,10H2,(H,23,25)(H,22,24,26). The first kappa shape index (κ1) is 20.8. The van der Waals surface area contributed by atoms with Crippen LogP contribution in [0.2, 0.25) is 0 Å². The highest BCUT2D eigenvalue weighted by molar-refractivity contribution is 7.14. The van der Waals surface area contributed by atoms with Crippen LogP contribution < -0.4 is 15.4 Å². The van der Waals surface area contributed by atoms with Crippen LogP contribution >= 0.6 is 22.7 Å². The lowest BCUT2D eigenvalue weighted by atomic mass is 10.2. The Balaban J connectivity index is 1.58. The van der Waals surface area contributed by atoms with Crippen molar-refractivity contribution in [1.82, 2.24) is 4.98 Å². The summed E-state index contributed by atoms with van der Waals surface area (Å²) in [6, 6.07) is 9.29. The van der Waals surface area contributed by atoms with Gasteiger partial charge in [0.05, 0.1) is 22.7 Å². The molecule has 0 spiro atoms. The van der Waals surface area contributed by atoms with Crippen LogP contribution in [-0.4, -0.2) is 29.6 Å². The Morgan fingerprint density at radius 3 is 2.59 bits per heavy atom. The van der Waals surface area contributed by atoms with Crippen molar-refractivity contribution in [3.63, 3.8) is 0 Å². The number of nitrogens with zero attached hydrogens (tertiary/aromatic N) is 1. The number of anilines is 2. The van der Waals surface area contributed by atoms with Crippen molar-refractivity contribution in [2.45, 2.75) is 12.6 Å². The second-order valence-electron chi connectivity index (χ2n) is 5.70. The molecule has 2 aromatic heterocycles. The molecule has 0 saturated heterocycles. The zero-order chi connectivity index (χ0) is 20.9. The number of thiophene rings is 1. The zero-order valence-electron chi connectivity index (χ0n) is 14.7. The number of thiazole rings is 1. The van der Waals surface area contributed by atoms with E-state index in [1.165, 1.54) is 40.9 Å². The molecular formula is C18H14F3N3O3S2. The molecule has 0 saturated carbocycles. The predicted molar refractivity (Wildman–Crippen MR) is 105 cm³/mol. The lowest BCUT2D eigenvalue weighted by Gasteiger charge is -2.13. The maximum absolute atomic E-state index is 12.4. The van der Waals surface area contributed by atoms with E-state index in [9.17, 15) is 22.8 Å². The van der Waals surface area contributed by atoms with Crippen molar-refractivity contribution in [3.05, 3.63) is 57.7 Å². The van der Waals surface area contributed by atoms with Crippen molar-refractivity contribution in [2.24, 2.45) is 0 Å². The number of nitrogens with one attached hydrogen (secondary N) is 2. The molecule has 0 aliphatic rings. The maximum Gasteiger partial charge on any atom is 0.422 e. The molecule has 3 aromatic rings. The highest BCUT2D eigenvalue weighted by atomic mass is 32.1. The molecule has 0 radical (unpaired) electrons. The number of hydrogen-bond donors (Lipinski definition) is 2. The zero-order valence-corrected chi connectivity index (χ0v) is 16.3. The van der Waals surface area contributed by atoms with Gasteiger partial charge >= 0.3 is 6.18 Å². The molecule has 0 aliphatic heterocycles. The summed E-state index contributed by atoms with van der Waals surface area (Å²) in [6.07, 6.45) is -4.60. The van der Waals surface area contributed by atoms with E-state index < -0.39 is 18.7 Å². The number of amides is 2. The molecule has 152 valence electrons. The number of carbonyl (C=O) groups is 2. The summed E-state index contributed by atoms with van der Waals surface area (Å²) in [7, 11) is 0. The minimum absolute atomic E-state index is 0.0830. The minimum atomic E-state index is -4.48. The van der Waals surface area contributed by atoms with Crippen LogP contribution in [0.1, 0.15) is 15.4 Å². The Morgan fingerprint density at radius 2 is 1.86 bits per heavy atom. The maximum atomic E-state index is 12.4. The third kappa shape index (κ3) is 6.29. The summed E-state index contributed by atoms with van der Waals surface area (Å²) < 4.78 is 41.8. The third-order valence-electron chi connectivity index (χ3n) is 3.41. The summed E-state index contributed by atoms with van der Waals surface area (Å²) in [6.45, 7) is -1.46. The van der Waals surface area contributed by atoms with E-state index in [0.717, 1.165) is 0 Å². The number of alkyl halides is 3. The topological polar surface area (TPSA) is 80.3 Å². The van der Waals surface area contributed by atoms with E-state index in [1.807, 2.05) is 0 Å². The van der Waals surface area contributed by atoms with Crippen LogP contribution in [0.4, 0.5) is 24.0 Å². The highest BCUT2D eigenvalue weighted by Gasteiger charge is 2.29. The summed E-state index contributed by atoms with van der Waals surface area (Å²) in [5.74, 6) is -0.851.